The summed E-state index contributed by atoms with van der Waals surface area (Å²) >= 11 is 0. The number of nitro groups is 1. The molecule has 1 amide bonds. The first-order valence-electron chi connectivity index (χ1n) is 3.68. The predicted octanol–water partition coefficient (Wildman–Crippen LogP) is 1.14. The maximum Gasteiger partial charge on any atom is 0.282 e. The summed E-state index contributed by atoms with van der Waals surface area (Å²) in [4.78, 5) is 20.4. The fourth-order valence-electron chi connectivity index (χ4n) is 1.01. The number of amides is 1. The highest BCUT2D eigenvalue weighted by molar-refractivity contribution is 5.97. The Labute approximate surface area is 78.5 Å². The normalized spacial score (nSPS) is 9.86. The number of nitro benzene ring substituents is 1. The maximum atomic E-state index is 13.0. The number of rotatable bonds is 2. The predicted molar refractivity (Wildman–Crippen MR) is 46.3 cm³/mol. The van der Waals surface area contributed by atoms with E-state index in [2.05, 4.69) is 0 Å². The molecule has 1 rings (SSSR count). The largest absolute Gasteiger partial charge is 0.365 e. The lowest BCUT2D eigenvalue weighted by Crippen LogP contribution is -2.14. The molecule has 0 heterocycles. The fraction of sp³-hybridized carbons (Fsp3) is 0.125. The molecule has 74 valence electrons. The summed E-state index contributed by atoms with van der Waals surface area (Å²) in [6.45, 7) is 1.37. The van der Waals surface area contributed by atoms with E-state index in [1.165, 1.54) is 6.92 Å². The summed E-state index contributed by atoms with van der Waals surface area (Å²) in [6, 6.07) is 1.76. The summed E-state index contributed by atoms with van der Waals surface area (Å²) in [5.41, 5.74) is 4.07. The second-order valence-corrected chi connectivity index (χ2v) is 2.74. The Morgan fingerprint density at radius 3 is 2.57 bits per heavy atom. The molecule has 14 heavy (non-hydrogen) atoms. The van der Waals surface area contributed by atoms with Crippen molar-refractivity contribution in [2.24, 2.45) is 5.73 Å². The SMILES string of the molecule is Cc1cc([N+](=O)[O-])c(C(N)=O)cc1F. The molecule has 0 saturated carbocycles. The van der Waals surface area contributed by atoms with Gasteiger partial charge in [0.2, 0.25) is 0 Å². The molecule has 1 aromatic carbocycles. The molecule has 0 aliphatic rings. The molecule has 0 unspecified atom stereocenters. The topological polar surface area (TPSA) is 86.2 Å². The Balaban J connectivity index is 3.46. The van der Waals surface area contributed by atoms with Crippen LogP contribution in [0.4, 0.5) is 10.1 Å². The Morgan fingerprint density at radius 1 is 1.57 bits per heavy atom. The Morgan fingerprint density at radius 2 is 2.14 bits per heavy atom. The number of halogens is 1. The van der Waals surface area contributed by atoms with Gasteiger partial charge in [0, 0.05) is 6.07 Å². The van der Waals surface area contributed by atoms with Gasteiger partial charge >= 0.3 is 0 Å². The minimum absolute atomic E-state index is 0.0988. The van der Waals surface area contributed by atoms with Crippen LogP contribution in [-0.2, 0) is 0 Å². The molecule has 0 bridgehead atoms. The van der Waals surface area contributed by atoms with Crippen molar-refractivity contribution in [3.63, 3.8) is 0 Å². The number of primary amides is 1. The number of benzene rings is 1. The average Bonchev–Trinajstić information content (AvgIpc) is 2.08. The summed E-state index contributed by atoms with van der Waals surface area (Å²) in [7, 11) is 0. The van der Waals surface area contributed by atoms with E-state index in [0.29, 0.717) is 0 Å². The van der Waals surface area contributed by atoms with Gasteiger partial charge in [-0.2, -0.15) is 0 Å². The van der Waals surface area contributed by atoms with E-state index < -0.39 is 27.9 Å². The van der Waals surface area contributed by atoms with Crippen molar-refractivity contribution in [1.29, 1.82) is 0 Å². The van der Waals surface area contributed by atoms with E-state index in [1.54, 1.807) is 0 Å². The van der Waals surface area contributed by atoms with Gasteiger partial charge in [0.15, 0.2) is 0 Å². The first-order chi connectivity index (χ1) is 6.43. The Bertz CT molecular complexity index is 378. The van der Waals surface area contributed by atoms with E-state index in [-0.39, 0.29) is 5.56 Å². The Hall–Kier alpha value is -1.98. The molecule has 0 radical (unpaired) electrons. The lowest BCUT2D eigenvalue weighted by atomic mass is 10.1. The molecule has 1 aromatic rings. The number of aryl methyl sites for hydroxylation is 1. The van der Waals surface area contributed by atoms with Gasteiger partial charge in [0.05, 0.1) is 4.92 Å². The zero-order valence-electron chi connectivity index (χ0n) is 7.28. The number of hydrogen-bond donors (Lipinski definition) is 1. The summed E-state index contributed by atoms with van der Waals surface area (Å²) < 4.78 is 13.0. The van der Waals surface area contributed by atoms with Gasteiger partial charge in [0.1, 0.15) is 11.4 Å². The molecular weight excluding hydrogens is 191 g/mol. The van der Waals surface area contributed by atoms with Crippen LogP contribution in [0.3, 0.4) is 0 Å². The quantitative estimate of drug-likeness (QED) is 0.571. The summed E-state index contributed by atoms with van der Waals surface area (Å²) in [5, 5.41) is 10.5. The zero-order valence-corrected chi connectivity index (χ0v) is 7.28. The van der Waals surface area contributed by atoms with Gasteiger partial charge < -0.3 is 5.73 Å². The van der Waals surface area contributed by atoms with Crippen LogP contribution in [0.25, 0.3) is 0 Å². The van der Waals surface area contributed by atoms with Crippen LogP contribution in [0.2, 0.25) is 0 Å². The Kier molecular flexibility index (Phi) is 2.46. The number of carbonyl (C=O) groups excluding carboxylic acids is 1. The molecule has 0 aliphatic heterocycles. The highest BCUT2D eigenvalue weighted by Gasteiger charge is 2.20. The van der Waals surface area contributed by atoms with E-state index >= 15 is 0 Å². The van der Waals surface area contributed by atoms with Crippen LogP contribution < -0.4 is 5.73 Å². The number of carbonyl (C=O) groups is 1. The number of nitrogens with zero attached hydrogens (tertiary/aromatic N) is 1. The third kappa shape index (κ3) is 1.68. The highest BCUT2D eigenvalue weighted by Crippen LogP contribution is 2.21. The van der Waals surface area contributed by atoms with Crippen molar-refractivity contribution in [2.45, 2.75) is 6.92 Å². The second kappa shape index (κ2) is 3.41. The van der Waals surface area contributed by atoms with Crippen molar-refractivity contribution in [2.75, 3.05) is 0 Å². The van der Waals surface area contributed by atoms with Gasteiger partial charge in [-0.1, -0.05) is 0 Å². The van der Waals surface area contributed by atoms with Crippen molar-refractivity contribution >= 4 is 11.6 Å². The van der Waals surface area contributed by atoms with Gasteiger partial charge in [-0.25, -0.2) is 4.39 Å². The summed E-state index contributed by atoms with van der Waals surface area (Å²) in [6.07, 6.45) is 0. The highest BCUT2D eigenvalue weighted by atomic mass is 19.1. The third-order valence-electron chi connectivity index (χ3n) is 1.74. The first kappa shape index (κ1) is 10.1. The molecule has 0 aliphatic carbocycles. The molecule has 2 N–H and O–H groups in total. The van der Waals surface area contributed by atoms with E-state index in [1.807, 2.05) is 0 Å². The van der Waals surface area contributed by atoms with Gasteiger partial charge in [-0.3, -0.25) is 14.9 Å². The lowest BCUT2D eigenvalue weighted by molar-refractivity contribution is -0.385. The first-order valence-corrected chi connectivity index (χ1v) is 3.68. The van der Waals surface area contributed by atoms with Gasteiger partial charge in [0.25, 0.3) is 11.6 Å². The van der Waals surface area contributed by atoms with Crippen molar-refractivity contribution in [3.8, 4) is 0 Å². The van der Waals surface area contributed by atoms with Crippen LogP contribution in [-0.4, -0.2) is 10.8 Å². The second-order valence-electron chi connectivity index (χ2n) is 2.74. The van der Waals surface area contributed by atoms with Crippen LogP contribution in [0.5, 0.6) is 0 Å². The average molecular weight is 198 g/mol. The summed E-state index contributed by atoms with van der Waals surface area (Å²) in [5.74, 6) is -1.71. The number of hydrogen-bond acceptors (Lipinski definition) is 3. The zero-order chi connectivity index (χ0) is 10.9. The van der Waals surface area contributed by atoms with Crippen molar-refractivity contribution < 1.29 is 14.1 Å². The van der Waals surface area contributed by atoms with Gasteiger partial charge in [-0.15, -0.1) is 0 Å². The molecule has 0 aromatic heterocycles. The molecule has 5 nitrogen and oxygen atoms in total. The minimum atomic E-state index is -1.02. The van der Waals surface area contributed by atoms with Crippen LogP contribution >= 0.6 is 0 Å². The molecular formula is C8H7FN2O3. The van der Waals surface area contributed by atoms with Gasteiger partial charge in [-0.05, 0) is 18.6 Å². The van der Waals surface area contributed by atoms with Crippen molar-refractivity contribution in [3.05, 3.63) is 39.2 Å². The van der Waals surface area contributed by atoms with E-state index in [4.69, 9.17) is 5.73 Å². The molecule has 0 fully saturated rings. The minimum Gasteiger partial charge on any atom is -0.365 e. The monoisotopic (exact) mass is 198 g/mol. The maximum absolute atomic E-state index is 13.0. The smallest absolute Gasteiger partial charge is 0.282 e. The molecule has 0 saturated heterocycles. The standard InChI is InChI=1S/C8H7FN2O3/c1-4-2-7(11(13)14)5(8(10)12)3-6(4)9/h2-3H,1H3,(H2,10,12). The lowest BCUT2D eigenvalue weighted by Gasteiger charge is -2.01. The fourth-order valence-corrected chi connectivity index (χ4v) is 1.01. The molecule has 0 spiro atoms. The van der Waals surface area contributed by atoms with Crippen LogP contribution in [0.1, 0.15) is 15.9 Å². The third-order valence-corrected chi connectivity index (χ3v) is 1.74. The van der Waals surface area contributed by atoms with E-state index in [0.717, 1.165) is 12.1 Å². The number of nitrogens with two attached hydrogens (primary N) is 1. The molecule has 0 atom stereocenters. The molecule has 6 heteroatoms. The van der Waals surface area contributed by atoms with E-state index in [9.17, 15) is 19.3 Å². The van der Waals surface area contributed by atoms with Crippen LogP contribution in [0, 0.1) is 22.9 Å². The van der Waals surface area contributed by atoms with Crippen molar-refractivity contribution in [1.82, 2.24) is 0 Å². The van der Waals surface area contributed by atoms with Crippen LogP contribution in [0.15, 0.2) is 12.1 Å².